The molecule has 2 N–H and O–H groups in total. The van der Waals surface area contributed by atoms with Gasteiger partial charge in [-0.05, 0) is 31.4 Å². The third-order valence-electron chi connectivity index (χ3n) is 4.17. The Morgan fingerprint density at radius 2 is 2.12 bits per heavy atom. The van der Waals surface area contributed by atoms with Crippen molar-refractivity contribution < 1.29 is 9.18 Å². The first-order valence-corrected chi connectivity index (χ1v) is 9.30. The smallest absolute Gasteiger partial charge is 0.223 e. The number of benzene rings is 1. The Morgan fingerprint density at radius 1 is 1.33 bits per heavy atom. The molecule has 0 aliphatic heterocycles. The Balaban J connectivity index is 1.40. The molecule has 1 amide bonds. The zero-order valence-electron chi connectivity index (χ0n) is 13.4. The van der Waals surface area contributed by atoms with Crippen LogP contribution in [0, 0.1) is 11.7 Å². The molecule has 0 bridgehead atoms. The lowest BCUT2D eigenvalue weighted by molar-refractivity contribution is -0.124. The molecule has 0 saturated heterocycles. The Bertz CT molecular complexity index is 685. The molecule has 0 unspecified atom stereocenters. The van der Waals surface area contributed by atoms with Crippen LogP contribution in [0.5, 0.6) is 0 Å². The highest BCUT2D eigenvalue weighted by Gasteiger charge is 2.21. The van der Waals surface area contributed by atoms with Gasteiger partial charge < -0.3 is 5.32 Å². The number of carbonyl (C=O) groups is 1. The van der Waals surface area contributed by atoms with E-state index in [1.807, 2.05) is 0 Å². The van der Waals surface area contributed by atoms with Crippen molar-refractivity contribution in [2.24, 2.45) is 5.92 Å². The Labute approximate surface area is 144 Å². The number of rotatable bonds is 7. The first-order valence-electron chi connectivity index (χ1n) is 8.32. The summed E-state index contributed by atoms with van der Waals surface area (Å²) in [6, 6.07) is 6.48. The van der Waals surface area contributed by atoms with Crippen molar-refractivity contribution in [2.75, 3.05) is 12.3 Å². The molecular weight excluding hydrogens is 327 g/mol. The van der Waals surface area contributed by atoms with E-state index < -0.39 is 0 Å². The predicted octanol–water partition coefficient (Wildman–Crippen LogP) is 3.40. The van der Waals surface area contributed by atoms with Crippen molar-refractivity contribution in [1.29, 1.82) is 0 Å². The van der Waals surface area contributed by atoms with Gasteiger partial charge in [0.2, 0.25) is 11.1 Å². The number of aromatic nitrogens is 3. The summed E-state index contributed by atoms with van der Waals surface area (Å²) in [6.45, 7) is 0.674. The lowest BCUT2D eigenvalue weighted by Gasteiger charge is -2.09. The molecular formula is C17H21FN4OS. The number of thioether (sulfide) groups is 1. The molecule has 1 aliphatic rings. The first kappa shape index (κ1) is 17.0. The molecule has 1 aromatic heterocycles. The van der Waals surface area contributed by atoms with E-state index in [-0.39, 0.29) is 17.6 Å². The summed E-state index contributed by atoms with van der Waals surface area (Å²) in [6.07, 6.45) is 5.24. The lowest BCUT2D eigenvalue weighted by Crippen LogP contribution is -2.30. The summed E-state index contributed by atoms with van der Waals surface area (Å²) in [4.78, 5) is 16.2. The maximum absolute atomic E-state index is 13.7. The molecule has 0 atom stereocenters. The number of halogens is 1. The monoisotopic (exact) mass is 348 g/mol. The molecule has 0 radical (unpaired) electrons. The molecule has 2 aromatic rings. The number of nitrogens with one attached hydrogen (secondary N) is 2. The minimum absolute atomic E-state index is 0.192. The lowest BCUT2D eigenvalue weighted by atomic mass is 10.1. The fourth-order valence-electron chi connectivity index (χ4n) is 2.86. The van der Waals surface area contributed by atoms with Crippen molar-refractivity contribution in [3.05, 3.63) is 30.1 Å². The summed E-state index contributed by atoms with van der Waals surface area (Å²) < 4.78 is 13.7. The minimum Gasteiger partial charge on any atom is -0.356 e. The van der Waals surface area contributed by atoms with E-state index in [0.717, 1.165) is 25.0 Å². The standard InChI is InChI=1S/C17H21FN4OS/c18-14-9-4-3-8-13(14)15-20-17(22-21-15)24-11-5-10-19-16(23)12-6-1-2-7-12/h3-4,8-9,12H,1-2,5-7,10-11H2,(H,19,23)(H,20,21,22). The van der Waals surface area contributed by atoms with E-state index in [1.165, 1.54) is 30.7 Å². The number of nitrogens with zero attached hydrogens (tertiary/aromatic N) is 2. The van der Waals surface area contributed by atoms with Crippen LogP contribution in [-0.4, -0.2) is 33.4 Å². The molecule has 128 valence electrons. The van der Waals surface area contributed by atoms with Crippen LogP contribution >= 0.6 is 11.8 Å². The number of amides is 1. The second-order valence-electron chi connectivity index (χ2n) is 5.92. The van der Waals surface area contributed by atoms with Crippen LogP contribution in [0.4, 0.5) is 4.39 Å². The SMILES string of the molecule is O=C(NCCCSc1n[nH]c(-c2ccccc2F)n1)C1CCCC1. The number of hydrogen-bond donors (Lipinski definition) is 2. The normalized spacial score (nSPS) is 14.9. The van der Waals surface area contributed by atoms with E-state index in [9.17, 15) is 9.18 Å². The third-order valence-corrected chi connectivity index (χ3v) is 5.10. The summed E-state index contributed by atoms with van der Waals surface area (Å²) in [5.41, 5.74) is 0.417. The van der Waals surface area contributed by atoms with Crippen molar-refractivity contribution in [3.63, 3.8) is 0 Å². The molecule has 24 heavy (non-hydrogen) atoms. The Morgan fingerprint density at radius 3 is 2.92 bits per heavy atom. The first-order chi connectivity index (χ1) is 11.7. The molecule has 1 aliphatic carbocycles. The molecule has 0 spiro atoms. The van der Waals surface area contributed by atoms with Crippen LogP contribution in [0.1, 0.15) is 32.1 Å². The summed E-state index contributed by atoms with van der Waals surface area (Å²) in [7, 11) is 0. The number of aromatic amines is 1. The van der Waals surface area contributed by atoms with Crippen LogP contribution < -0.4 is 5.32 Å². The van der Waals surface area contributed by atoms with E-state index in [2.05, 4.69) is 20.5 Å². The highest BCUT2D eigenvalue weighted by atomic mass is 32.2. The van der Waals surface area contributed by atoms with E-state index >= 15 is 0 Å². The van der Waals surface area contributed by atoms with Crippen molar-refractivity contribution in [2.45, 2.75) is 37.3 Å². The molecule has 5 nitrogen and oxygen atoms in total. The third kappa shape index (κ3) is 4.35. The molecule has 3 rings (SSSR count). The van der Waals surface area contributed by atoms with Gasteiger partial charge in [0.15, 0.2) is 5.82 Å². The van der Waals surface area contributed by atoms with Crippen LogP contribution in [0.2, 0.25) is 0 Å². The van der Waals surface area contributed by atoms with Crippen LogP contribution in [0.25, 0.3) is 11.4 Å². The van der Waals surface area contributed by atoms with Crippen molar-refractivity contribution >= 4 is 17.7 Å². The van der Waals surface area contributed by atoms with E-state index in [0.29, 0.717) is 23.1 Å². The van der Waals surface area contributed by atoms with Gasteiger partial charge in [-0.15, -0.1) is 5.10 Å². The largest absolute Gasteiger partial charge is 0.356 e. The second kappa shape index (κ2) is 8.28. The van der Waals surface area contributed by atoms with Crippen LogP contribution in [-0.2, 0) is 4.79 Å². The maximum Gasteiger partial charge on any atom is 0.223 e. The van der Waals surface area contributed by atoms with Gasteiger partial charge in [0, 0.05) is 18.2 Å². The average molecular weight is 348 g/mol. The topological polar surface area (TPSA) is 70.7 Å². The number of hydrogen-bond acceptors (Lipinski definition) is 4. The van der Waals surface area contributed by atoms with Gasteiger partial charge in [0.05, 0.1) is 5.56 Å². The number of H-pyrrole nitrogens is 1. The van der Waals surface area contributed by atoms with Crippen molar-refractivity contribution in [1.82, 2.24) is 20.5 Å². The van der Waals surface area contributed by atoms with Gasteiger partial charge in [-0.1, -0.05) is 36.7 Å². The highest BCUT2D eigenvalue weighted by molar-refractivity contribution is 7.99. The average Bonchev–Trinajstić information content (AvgIpc) is 3.27. The summed E-state index contributed by atoms with van der Waals surface area (Å²) in [5, 5.41) is 10.5. The minimum atomic E-state index is -0.320. The fraction of sp³-hybridized carbons (Fsp3) is 0.471. The molecule has 1 saturated carbocycles. The van der Waals surface area contributed by atoms with E-state index in [1.54, 1.807) is 18.2 Å². The summed E-state index contributed by atoms with van der Waals surface area (Å²) >= 11 is 1.50. The van der Waals surface area contributed by atoms with Gasteiger partial charge in [-0.3, -0.25) is 9.89 Å². The summed E-state index contributed by atoms with van der Waals surface area (Å²) in [5.74, 6) is 1.33. The van der Waals surface area contributed by atoms with Gasteiger partial charge in [-0.25, -0.2) is 9.37 Å². The molecule has 1 aromatic carbocycles. The van der Waals surface area contributed by atoms with E-state index in [4.69, 9.17) is 0 Å². The predicted molar refractivity (Wildman–Crippen MR) is 92.1 cm³/mol. The Kier molecular flexibility index (Phi) is 5.85. The molecule has 7 heteroatoms. The van der Waals surface area contributed by atoms with Gasteiger partial charge in [0.1, 0.15) is 5.82 Å². The quantitative estimate of drug-likeness (QED) is 0.594. The Hall–Kier alpha value is -1.89. The highest BCUT2D eigenvalue weighted by Crippen LogP contribution is 2.25. The molecule has 1 fully saturated rings. The van der Waals surface area contributed by atoms with Crippen molar-refractivity contribution in [3.8, 4) is 11.4 Å². The zero-order chi connectivity index (χ0) is 16.8. The van der Waals surface area contributed by atoms with Crippen LogP contribution in [0.15, 0.2) is 29.4 Å². The van der Waals surface area contributed by atoms with Gasteiger partial charge in [-0.2, -0.15) is 0 Å². The number of carbonyl (C=O) groups excluding carboxylic acids is 1. The van der Waals surface area contributed by atoms with Crippen LogP contribution in [0.3, 0.4) is 0 Å². The van der Waals surface area contributed by atoms with Gasteiger partial charge in [0.25, 0.3) is 0 Å². The maximum atomic E-state index is 13.7. The van der Waals surface area contributed by atoms with Gasteiger partial charge >= 0.3 is 0 Å². The second-order valence-corrected chi connectivity index (χ2v) is 6.98. The fourth-order valence-corrected chi connectivity index (χ4v) is 3.60. The molecule has 1 heterocycles. The zero-order valence-corrected chi connectivity index (χ0v) is 14.2.